The van der Waals surface area contributed by atoms with Crippen LogP contribution in [0.2, 0.25) is 0 Å². The molecule has 0 aliphatic carbocycles. The summed E-state index contributed by atoms with van der Waals surface area (Å²) in [5.41, 5.74) is 8.45. The summed E-state index contributed by atoms with van der Waals surface area (Å²) in [5, 5.41) is 19.8. The second-order valence-corrected chi connectivity index (χ2v) is 5.57. The van der Waals surface area contributed by atoms with Gasteiger partial charge in [-0.05, 0) is 23.8 Å². The van der Waals surface area contributed by atoms with Crippen LogP contribution in [0.15, 0.2) is 48.5 Å². The Kier molecular flexibility index (Phi) is 3.60. The largest absolute Gasteiger partial charge is 0.504 e. The zero-order valence-electron chi connectivity index (χ0n) is 11.2. The summed E-state index contributed by atoms with van der Waals surface area (Å²) < 4.78 is 0. The van der Waals surface area contributed by atoms with Crippen LogP contribution in [0.5, 0.6) is 11.5 Å². The van der Waals surface area contributed by atoms with Gasteiger partial charge in [0.25, 0.3) is 0 Å². The molecule has 1 aromatic heterocycles. The molecule has 0 amide bonds. The number of thiazole rings is 1. The van der Waals surface area contributed by atoms with E-state index in [0.717, 1.165) is 26.7 Å². The average molecular weight is 298 g/mol. The molecule has 3 aromatic rings. The minimum atomic E-state index is -0.154. The summed E-state index contributed by atoms with van der Waals surface area (Å²) in [6.07, 6.45) is 0. The summed E-state index contributed by atoms with van der Waals surface area (Å²) in [6.45, 7) is 0.352. The summed E-state index contributed by atoms with van der Waals surface area (Å²) in [7, 11) is 0. The van der Waals surface area contributed by atoms with Crippen molar-refractivity contribution in [3.05, 3.63) is 54.2 Å². The predicted octanol–water partition coefficient (Wildman–Crippen LogP) is 3.35. The summed E-state index contributed by atoms with van der Waals surface area (Å²) >= 11 is 1.52. The number of phenols is 2. The van der Waals surface area contributed by atoms with Gasteiger partial charge in [0.05, 0.1) is 10.6 Å². The van der Waals surface area contributed by atoms with Crippen LogP contribution in [0.25, 0.3) is 21.0 Å². The highest BCUT2D eigenvalue weighted by Gasteiger charge is 2.14. The molecule has 1 heterocycles. The Morgan fingerprint density at radius 1 is 0.952 bits per heavy atom. The average Bonchev–Trinajstić information content (AvgIpc) is 2.95. The molecule has 0 bridgehead atoms. The lowest BCUT2D eigenvalue weighted by Crippen LogP contribution is -1.98. The maximum Gasteiger partial charge on any atom is 0.158 e. The van der Waals surface area contributed by atoms with Crippen molar-refractivity contribution in [1.82, 2.24) is 4.98 Å². The van der Waals surface area contributed by atoms with Crippen LogP contribution >= 0.6 is 11.3 Å². The third-order valence-corrected chi connectivity index (χ3v) is 4.34. The summed E-state index contributed by atoms with van der Waals surface area (Å²) in [5.74, 6) is -0.295. The van der Waals surface area contributed by atoms with Gasteiger partial charge in [-0.3, -0.25) is 0 Å². The Morgan fingerprint density at radius 2 is 1.71 bits per heavy atom. The fraction of sp³-hybridized carbons (Fsp3) is 0.0625. The van der Waals surface area contributed by atoms with Gasteiger partial charge in [0.1, 0.15) is 5.01 Å². The molecule has 4 N–H and O–H groups in total. The second kappa shape index (κ2) is 5.55. The van der Waals surface area contributed by atoms with E-state index in [1.807, 2.05) is 30.3 Å². The molecule has 0 fully saturated rings. The summed E-state index contributed by atoms with van der Waals surface area (Å²) in [6, 6.07) is 14.6. The highest BCUT2D eigenvalue weighted by molar-refractivity contribution is 7.18. The molecule has 3 rings (SSSR count). The van der Waals surface area contributed by atoms with E-state index in [0.29, 0.717) is 6.54 Å². The monoisotopic (exact) mass is 298 g/mol. The Bertz CT molecular complexity index is 769. The van der Waals surface area contributed by atoms with Crippen LogP contribution < -0.4 is 5.73 Å². The van der Waals surface area contributed by atoms with Gasteiger partial charge in [-0.15, -0.1) is 11.3 Å². The second-order valence-electron chi connectivity index (χ2n) is 4.57. The zero-order chi connectivity index (χ0) is 14.8. The first-order chi connectivity index (χ1) is 10.2. The van der Waals surface area contributed by atoms with Crippen LogP contribution in [0.1, 0.15) is 5.69 Å². The third-order valence-electron chi connectivity index (χ3n) is 3.15. The number of rotatable bonds is 3. The number of nitrogens with two attached hydrogens (primary N) is 1. The van der Waals surface area contributed by atoms with Gasteiger partial charge < -0.3 is 15.9 Å². The van der Waals surface area contributed by atoms with Crippen molar-refractivity contribution in [1.29, 1.82) is 0 Å². The van der Waals surface area contributed by atoms with E-state index in [9.17, 15) is 10.2 Å². The van der Waals surface area contributed by atoms with E-state index in [1.54, 1.807) is 6.07 Å². The van der Waals surface area contributed by atoms with Gasteiger partial charge in [0.2, 0.25) is 0 Å². The molecule has 5 heteroatoms. The van der Waals surface area contributed by atoms with Gasteiger partial charge in [0, 0.05) is 12.1 Å². The van der Waals surface area contributed by atoms with Crippen LogP contribution in [0, 0.1) is 0 Å². The molecule has 0 atom stereocenters. The fourth-order valence-electron chi connectivity index (χ4n) is 2.09. The van der Waals surface area contributed by atoms with Crippen molar-refractivity contribution in [3.8, 4) is 32.5 Å². The highest BCUT2D eigenvalue weighted by atomic mass is 32.1. The lowest BCUT2D eigenvalue weighted by atomic mass is 10.1. The number of phenolic OH excluding ortho intramolecular Hbond substituents is 2. The number of aromatic hydroxyl groups is 2. The molecule has 0 radical (unpaired) electrons. The summed E-state index contributed by atoms with van der Waals surface area (Å²) in [4.78, 5) is 5.58. The Labute approximate surface area is 126 Å². The molecule has 0 aliphatic rings. The van der Waals surface area contributed by atoms with E-state index in [-0.39, 0.29) is 11.5 Å². The zero-order valence-corrected chi connectivity index (χ0v) is 12.0. The first-order valence-electron chi connectivity index (χ1n) is 6.46. The SMILES string of the molecule is NCc1nc(-c2ccc(O)c(O)c2)sc1-c1ccccc1. The number of hydrogen-bond acceptors (Lipinski definition) is 5. The van der Waals surface area contributed by atoms with Crippen molar-refractivity contribution >= 4 is 11.3 Å². The van der Waals surface area contributed by atoms with E-state index < -0.39 is 0 Å². The number of nitrogens with zero attached hydrogens (tertiary/aromatic N) is 1. The molecule has 4 nitrogen and oxygen atoms in total. The topological polar surface area (TPSA) is 79.4 Å². The quantitative estimate of drug-likeness (QED) is 0.648. The first-order valence-corrected chi connectivity index (χ1v) is 7.28. The van der Waals surface area contributed by atoms with Gasteiger partial charge >= 0.3 is 0 Å². The molecule has 0 unspecified atom stereocenters. The van der Waals surface area contributed by atoms with E-state index in [4.69, 9.17) is 5.73 Å². The number of aromatic nitrogens is 1. The Morgan fingerprint density at radius 3 is 2.38 bits per heavy atom. The minimum Gasteiger partial charge on any atom is -0.504 e. The van der Waals surface area contributed by atoms with Gasteiger partial charge in [0.15, 0.2) is 11.5 Å². The number of benzene rings is 2. The normalized spacial score (nSPS) is 10.7. The first kappa shape index (κ1) is 13.6. The van der Waals surface area contributed by atoms with Crippen LogP contribution in [-0.4, -0.2) is 15.2 Å². The highest BCUT2D eigenvalue weighted by Crippen LogP contribution is 2.37. The predicted molar refractivity (Wildman–Crippen MR) is 84.2 cm³/mol. The van der Waals surface area contributed by atoms with Crippen molar-refractivity contribution in [2.45, 2.75) is 6.54 Å². The van der Waals surface area contributed by atoms with Gasteiger partial charge in [-0.25, -0.2) is 4.98 Å². The van der Waals surface area contributed by atoms with Crippen molar-refractivity contribution in [2.75, 3.05) is 0 Å². The fourth-order valence-corrected chi connectivity index (χ4v) is 3.18. The van der Waals surface area contributed by atoms with Crippen molar-refractivity contribution < 1.29 is 10.2 Å². The molecular weight excluding hydrogens is 284 g/mol. The van der Waals surface area contributed by atoms with Gasteiger partial charge in [-0.2, -0.15) is 0 Å². The van der Waals surface area contributed by atoms with Crippen LogP contribution in [0.3, 0.4) is 0 Å². The molecule has 21 heavy (non-hydrogen) atoms. The van der Waals surface area contributed by atoms with Crippen LogP contribution in [0.4, 0.5) is 0 Å². The van der Waals surface area contributed by atoms with Crippen molar-refractivity contribution in [2.24, 2.45) is 5.73 Å². The molecule has 0 aliphatic heterocycles. The maximum atomic E-state index is 9.61. The molecule has 106 valence electrons. The van der Waals surface area contributed by atoms with Gasteiger partial charge in [-0.1, -0.05) is 30.3 Å². The number of hydrogen-bond donors (Lipinski definition) is 3. The molecule has 0 saturated carbocycles. The molecule has 2 aromatic carbocycles. The van der Waals surface area contributed by atoms with Crippen LogP contribution in [-0.2, 0) is 6.54 Å². The smallest absolute Gasteiger partial charge is 0.158 e. The minimum absolute atomic E-state index is 0.141. The third kappa shape index (κ3) is 2.61. The Balaban J connectivity index is 2.09. The lowest BCUT2D eigenvalue weighted by Gasteiger charge is -1.99. The molecule has 0 saturated heterocycles. The Hall–Kier alpha value is -2.37. The van der Waals surface area contributed by atoms with E-state index in [2.05, 4.69) is 4.98 Å². The van der Waals surface area contributed by atoms with Crippen molar-refractivity contribution in [3.63, 3.8) is 0 Å². The van der Waals surface area contributed by atoms with E-state index >= 15 is 0 Å². The molecular formula is C16H14N2O2S. The maximum absolute atomic E-state index is 9.61. The standard InChI is InChI=1S/C16H14N2O2S/c17-9-12-15(10-4-2-1-3-5-10)21-16(18-12)11-6-7-13(19)14(20)8-11/h1-8,19-20H,9,17H2. The molecule has 0 spiro atoms. The lowest BCUT2D eigenvalue weighted by molar-refractivity contribution is 0.404. The van der Waals surface area contributed by atoms with E-state index in [1.165, 1.54) is 23.5 Å².